The molecule has 0 aliphatic heterocycles. The number of halogens is 1. The van der Waals surface area contributed by atoms with E-state index >= 15 is 0 Å². The Hall–Kier alpha value is -2.51. The van der Waals surface area contributed by atoms with Crippen LogP contribution >= 0.6 is 0 Å². The third kappa shape index (κ3) is 8.00. The van der Waals surface area contributed by atoms with Crippen LogP contribution in [0.25, 0.3) is 11.1 Å². The SMILES string of the molecule is CCOC(=O)CC(CC(=O)NCc1c(C)cc(C)cc1-c1ccc(F)c(C)c1)O[Si](C)(C)C(C)(C)C. The molecule has 0 saturated heterocycles. The highest BCUT2D eigenvalue weighted by Crippen LogP contribution is 2.38. The summed E-state index contributed by atoms with van der Waals surface area (Å²) in [5.74, 6) is -0.797. The molecule has 1 N–H and O–H groups in total. The highest BCUT2D eigenvalue weighted by Gasteiger charge is 2.40. The zero-order chi connectivity index (χ0) is 27.3. The molecule has 1 atom stereocenters. The van der Waals surface area contributed by atoms with Gasteiger partial charge in [-0.3, -0.25) is 9.59 Å². The van der Waals surface area contributed by atoms with Gasteiger partial charge in [0.25, 0.3) is 0 Å². The van der Waals surface area contributed by atoms with Crippen LogP contribution in [0.4, 0.5) is 4.39 Å². The van der Waals surface area contributed by atoms with Crippen LogP contribution in [-0.2, 0) is 25.3 Å². The minimum atomic E-state index is -2.21. The first-order chi connectivity index (χ1) is 16.6. The lowest BCUT2D eigenvalue weighted by Gasteiger charge is -2.39. The maximum Gasteiger partial charge on any atom is 0.308 e. The van der Waals surface area contributed by atoms with E-state index in [0.29, 0.717) is 12.1 Å². The van der Waals surface area contributed by atoms with Gasteiger partial charge < -0.3 is 14.5 Å². The molecule has 0 aliphatic rings. The molecule has 1 unspecified atom stereocenters. The zero-order valence-electron chi connectivity index (χ0n) is 23.3. The van der Waals surface area contributed by atoms with E-state index in [1.807, 2.05) is 19.9 Å². The van der Waals surface area contributed by atoms with Gasteiger partial charge in [0.2, 0.25) is 5.91 Å². The predicted octanol–water partition coefficient (Wildman–Crippen LogP) is 6.77. The van der Waals surface area contributed by atoms with E-state index in [1.165, 1.54) is 6.07 Å². The summed E-state index contributed by atoms with van der Waals surface area (Å²) >= 11 is 0. The number of esters is 1. The summed E-state index contributed by atoms with van der Waals surface area (Å²) in [6.07, 6.45) is -0.443. The Morgan fingerprint density at radius 3 is 2.28 bits per heavy atom. The number of nitrogens with one attached hydrogen (secondary N) is 1. The van der Waals surface area contributed by atoms with Crippen molar-refractivity contribution >= 4 is 20.2 Å². The molecule has 0 heterocycles. The summed E-state index contributed by atoms with van der Waals surface area (Å²) in [5.41, 5.74) is 5.58. The molecule has 0 fully saturated rings. The minimum absolute atomic E-state index is 0.0391. The third-order valence-corrected chi connectivity index (χ3v) is 11.5. The second-order valence-corrected chi connectivity index (χ2v) is 15.8. The quantitative estimate of drug-likeness (QED) is 0.280. The summed E-state index contributed by atoms with van der Waals surface area (Å²) in [4.78, 5) is 25.3. The fourth-order valence-electron chi connectivity index (χ4n) is 3.92. The van der Waals surface area contributed by atoms with Gasteiger partial charge in [-0.2, -0.15) is 0 Å². The van der Waals surface area contributed by atoms with Gasteiger partial charge in [-0.05, 0) is 85.8 Å². The largest absolute Gasteiger partial charge is 0.466 e. The van der Waals surface area contributed by atoms with Crippen LogP contribution in [0.1, 0.15) is 62.8 Å². The van der Waals surface area contributed by atoms with E-state index in [1.54, 1.807) is 19.9 Å². The molecular weight excluding hydrogens is 473 g/mol. The Labute approximate surface area is 216 Å². The fourth-order valence-corrected chi connectivity index (χ4v) is 5.28. The number of carbonyl (C=O) groups excluding carboxylic acids is 2. The number of aryl methyl sites for hydroxylation is 3. The lowest BCUT2D eigenvalue weighted by Crippen LogP contribution is -2.45. The van der Waals surface area contributed by atoms with Crippen LogP contribution < -0.4 is 5.32 Å². The monoisotopic (exact) mass is 515 g/mol. The second kappa shape index (κ2) is 12.1. The van der Waals surface area contributed by atoms with Crippen molar-refractivity contribution in [2.75, 3.05) is 6.61 Å². The first-order valence-electron chi connectivity index (χ1n) is 12.6. The van der Waals surface area contributed by atoms with Gasteiger partial charge in [0.05, 0.1) is 25.6 Å². The fraction of sp³-hybridized carbons (Fsp3) is 0.517. The van der Waals surface area contributed by atoms with Crippen LogP contribution in [-0.4, -0.2) is 32.9 Å². The van der Waals surface area contributed by atoms with Crippen LogP contribution in [0.15, 0.2) is 30.3 Å². The molecule has 0 saturated carbocycles. The van der Waals surface area contributed by atoms with E-state index in [9.17, 15) is 14.0 Å². The van der Waals surface area contributed by atoms with Gasteiger partial charge in [-0.15, -0.1) is 0 Å². The van der Waals surface area contributed by atoms with Crippen LogP contribution in [0.2, 0.25) is 18.1 Å². The highest BCUT2D eigenvalue weighted by atomic mass is 28.4. The number of hydrogen-bond donors (Lipinski definition) is 1. The van der Waals surface area contributed by atoms with Crippen LogP contribution in [0, 0.1) is 26.6 Å². The maximum atomic E-state index is 13.9. The average Bonchev–Trinajstić information content (AvgIpc) is 2.73. The topological polar surface area (TPSA) is 64.6 Å². The van der Waals surface area contributed by atoms with Gasteiger partial charge in [0, 0.05) is 6.54 Å². The third-order valence-electron chi connectivity index (χ3n) is 6.93. The molecule has 0 spiro atoms. The van der Waals surface area contributed by atoms with E-state index in [4.69, 9.17) is 9.16 Å². The molecule has 2 aromatic rings. The van der Waals surface area contributed by atoms with Gasteiger partial charge in [0.15, 0.2) is 8.32 Å². The molecule has 2 aromatic carbocycles. The molecule has 1 amide bonds. The van der Waals surface area contributed by atoms with Gasteiger partial charge in [-0.1, -0.05) is 44.5 Å². The Balaban J connectivity index is 2.23. The number of benzene rings is 2. The molecule has 36 heavy (non-hydrogen) atoms. The van der Waals surface area contributed by atoms with Crippen LogP contribution in [0.5, 0.6) is 0 Å². The number of carbonyl (C=O) groups is 2. The van der Waals surface area contributed by atoms with Crippen molar-refractivity contribution in [1.29, 1.82) is 0 Å². The summed E-state index contributed by atoms with van der Waals surface area (Å²) in [6.45, 7) is 18.7. The lowest BCUT2D eigenvalue weighted by molar-refractivity contribution is -0.145. The van der Waals surface area contributed by atoms with Crippen molar-refractivity contribution < 1.29 is 23.1 Å². The molecule has 0 radical (unpaired) electrons. The van der Waals surface area contributed by atoms with Crippen LogP contribution in [0.3, 0.4) is 0 Å². The Bertz CT molecular complexity index is 1090. The maximum absolute atomic E-state index is 13.9. The van der Waals surface area contributed by atoms with Crippen molar-refractivity contribution in [3.8, 4) is 11.1 Å². The minimum Gasteiger partial charge on any atom is -0.466 e. The summed E-state index contributed by atoms with van der Waals surface area (Å²) in [6, 6.07) is 9.21. The smallest absolute Gasteiger partial charge is 0.308 e. The number of amides is 1. The van der Waals surface area contributed by atoms with Crippen molar-refractivity contribution in [2.24, 2.45) is 0 Å². The Morgan fingerprint density at radius 1 is 1.03 bits per heavy atom. The molecule has 2 rings (SSSR count). The molecular formula is C29H42FNO4Si. The first kappa shape index (κ1) is 29.7. The Morgan fingerprint density at radius 2 is 1.69 bits per heavy atom. The predicted molar refractivity (Wildman–Crippen MR) is 146 cm³/mol. The molecule has 7 heteroatoms. The van der Waals surface area contributed by atoms with Crippen molar-refractivity contribution in [3.05, 3.63) is 58.4 Å². The number of ether oxygens (including phenoxy) is 1. The lowest BCUT2D eigenvalue weighted by atomic mass is 9.92. The van der Waals surface area contributed by atoms with Gasteiger partial charge in [-0.25, -0.2) is 4.39 Å². The molecule has 0 aromatic heterocycles. The highest BCUT2D eigenvalue weighted by molar-refractivity contribution is 6.74. The normalized spacial score (nSPS) is 12.8. The van der Waals surface area contributed by atoms with E-state index in [-0.39, 0.29) is 42.2 Å². The van der Waals surface area contributed by atoms with Gasteiger partial charge >= 0.3 is 5.97 Å². The van der Waals surface area contributed by atoms with Gasteiger partial charge in [0.1, 0.15) is 5.82 Å². The van der Waals surface area contributed by atoms with Crippen molar-refractivity contribution in [2.45, 2.75) is 92.1 Å². The first-order valence-corrected chi connectivity index (χ1v) is 15.5. The number of hydrogen-bond acceptors (Lipinski definition) is 4. The molecule has 198 valence electrons. The summed E-state index contributed by atoms with van der Waals surface area (Å²) < 4.78 is 25.5. The summed E-state index contributed by atoms with van der Waals surface area (Å²) in [7, 11) is -2.21. The molecule has 0 bridgehead atoms. The summed E-state index contributed by atoms with van der Waals surface area (Å²) in [5, 5.41) is 2.97. The van der Waals surface area contributed by atoms with Crippen molar-refractivity contribution in [3.63, 3.8) is 0 Å². The van der Waals surface area contributed by atoms with E-state index in [2.05, 4.69) is 51.3 Å². The van der Waals surface area contributed by atoms with E-state index < -0.39 is 14.4 Å². The Kier molecular flexibility index (Phi) is 10.0. The van der Waals surface area contributed by atoms with E-state index in [0.717, 1.165) is 27.8 Å². The zero-order valence-corrected chi connectivity index (χ0v) is 24.3. The molecule has 0 aliphatic carbocycles. The molecule has 5 nitrogen and oxygen atoms in total. The average molecular weight is 516 g/mol. The van der Waals surface area contributed by atoms with Crippen molar-refractivity contribution in [1.82, 2.24) is 5.32 Å². The standard InChI is InChI=1S/C29H42FNO4Si/c1-10-34-28(33)17-23(35-36(8,9)29(5,6)7)16-27(32)31-18-25-20(3)13-19(2)14-24(25)22-11-12-26(30)21(4)15-22/h11-15,23H,10,16-18H2,1-9H3,(H,31,32). The number of rotatable bonds is 10. The second-order valence-electron chi connectivity index (χ2n) is 11.1.